The van der Waals surface area contributed by atoms with Crippen LogP contribution in [-0.2, 0) is 14.0 Å². The summed E-state index contributed by atoms with van der Waals surface area (Å²) < 4.78 is 23.5. The number of anilines is 1. The van der Waals surface area contributed by atoms with Gasteiger partial charge in [0.25, 0.3) is 0 Å². The van der Waals surface area contributed by atoms with E-state index in [9.17, 15) is 4.79 Å². The molecule has 0 atom stereocenters. The van der Waals surface area contributed by atoms with E-state index in [0.29, 0.717) is 24.6 Å². The SMILES string of the molecule is CC(C)(C)OC(=O)N1CCOc2ccc(B3OC(C)(C)C(C)(C)O3)cc21. The zero-order valence-electron chi connectivity index (χ0n) is 16.7. The van der Waals surface area contributed by atoms with Crippen LogP contribution in [0, 0.1) is 0 Å². The summed E-state index contributed by atoms with van der Waals surface area (Å²) in [6, 6.07) is 5.66. The molecule has 2 heterocycles. The predicted molar refractivity (Wildman–Crippen MR) is 101 cm³/mol. The molecule has 3 rings (SSSR count). The van der Waals surface area contributed by atoms with Gasteiger partial charge in [-0.1, -0.05) is 6.07 Å². The quantitative estimate of drug-likeness (QED) is 0.720. The molecule has 2 aliphatic heterocycles. The molecule has 1 aromatic rings. The minimum Gasteiger partial charge on any atom is -0.490 e. The number of carbonyl (C=O) groups excluding carboxylic acids is 1. The van der Waals surface area contributed by atoms with Crippen LogP contribution in [0.25, 0.3) is 0 Å². The van der Waals surface area contributed by atoms with Gasteiger partial charge in [0, 0.05) is 0 Å². The number of carbonyl (C=O) groups is 1. The van der Waals surface area contributed by atoms with Crippen molar-refractivity contribution in [1.29, 1.82) is 0 Å². The number of hydrogen-bond acceptors (Lipinski definition) is 5. The van der Waals surface area contributed by atoms with Crippen molar-refractivity contribution in [3.8, 4) is 5.75 Å². The smallest absolute Gasteiger partial charge is 0.490 e. The molecule has 0 unspecified atom stereocenters. The zero-order valence-corrected chi connectivity index (χ0v) is 16.7. The van der Waals surface area contributed by atoms with E-state index >= 15 is 0 Å². The Morgan fingerprint density at radius 3 is 2.35 bits per heavy atom. The lowest BCUT2D eigenvalue weighted by molar-refractivity contribution is 0.00578. The summed E-state index contributed by atoms with van der Waals surface area (Å²) in [5.41, 5.74) is 0.127. The highest BCUT2D eigenvalue weighted by Crippen LogP contribution is 2.38. The fraction of sp³-hybridized carbons (Fsp3) is 0.632. The van der Waals surface area contributed by atoms with Gasteiger partial charge in [0.15, 0.2) is 0 Å². The second-order valence-electron chi connectivity index (χ2n) is 8.80. The molecule has 0 N–H and O–H groups in total. The van der Waals surface area contributed by atoms with Gasteiger partial charge in [-0.25, -0.2) is 4.79 Å². The zero-order chi connectivity index (χ0) is 19.3. The summed E-state index contributed by atoms with van der Waals surface area (Å²) >= 11 is 0. The largest absolute Gasteiger partial charge is 0.494 e. The van der Waals surface area contributed by atoms with Gasteiger partial charge in [-0.3, -0.25) is 4.90 Å². The summed E-state index contributed by atoms with van der Waals surface area (Å²) in [5.74, 6) is 0.655. The second kappa shape index (κ2) is 6.17. The van der Waals surface area contributed by atoms with Crippen LogP contribution >= 0.6 is 0 Å². The van der Waals surface area contributed by atoms with Gasteiger partial charge >= 0.3 is 13.2 Å². The van der Waals surface area contributed by atoms with Crippen LogP contribution in [0.4, 0.5) is 10.5 Å². The van der Waals surface area contributed by atoms with E-state index in [-0.39, 0.29) is 6.09 Å². The lowest BCUT2D eigenvalue weighted by Crippen LogP contribution is -2.43. The number of fused-ring (bicyclic) bond motifs is 1. The first kappa shape index (κ1) is 19.0. The van der Waals surface area contributed by atoms with Crippen molar-refractivity contribution in [2.75, 3.05) is 18.1 Å². The Kier molecular flexibility index (Phi) is 4.52. The molecule has 1 amide bonds. The molecule has 1 aromatic carbocycles. The van der Waals surface area contributed by atoms with E-state index in [1.807, 2.05) is 66.7 Å². The Hall–Kier alpha value is -1.73. The lowest BCUT2D eigenvalue weighted by Gasteiger charge is -2.32. The molecule has 7 heteroatoms. The molecule has 2 aliphatic rings. The first-order valence-corrected chi connectivity index (χ1v) is 9.02. The number of rotatable bonds is 1. The maximum absolute atomic E-state index is 12.6. The molecule has 0 bridgehead atoms. The molecule has 0 aromatic heterocycles. The van der Waals surface area contributed by atoms with Gasteiger partial charge in [-0.05, 0) is 66.1 Å². The Bertz CT molecular complexity index is 694. The molecule has 0 radical (unpaired) electrons. The number of amides is 1. The van der Waals surface area contributed by atoms with Gasteiger partial charge in [-0.2, -0.15) is 0 Å². The molecule has 1 fully saturated rings. The molecular formula is C19H28BNO5. The van der Waals surface area contributed by atoms with Gasteiger partial charge in [0.2, 0.25) is 0 Å². The number of benzene rings is 1. The Morgan fingerprint density at radius 2 is 1.77 bits per heavy atom. The molecule has 6 nitrogen and oxygen atoms in total. The first-order chi connectivity index (χ1) is 11.9. The van der Waals surface area contributed by atoms with Crippen LogP contribution in [0.3, 0.4) is 0 Å². The van der Waals surface area contributed by atoms with Crippen LogP contribution in [0.5, 0.6) is 5.75 Å². The van der Waals surface area contributed by atoms with Crippen molar-refractivity contribution in [3.63, 3.8) is 0 Å². The van der Waals surface area contributed by atoms with Crippen molar-refractivity contribution >= 4 is 24.4 Å². The van der Waals surface area contributed by atoms with Crippen molar-refractivity contribution in [2.24, 2.45) is 0 Å². The summed E-state index contributed by atoms with van der Waals surface area (Å²) in [7, 11) is -0.493. The third-order valence-electron chi connectivity index (χ3n) is 4.99. The Labute approximate surface area is 155 Å². The summed E-state index contributed by atoms with van der Waals surface area (Å²) in [4.78, 5) is 14.2. The van der Waals surface area contributed by atoms with Crippen LogP contribution in [0.1, 0.15) is 48.5 Å². The van der Waals surface area contributed by atoms with E-state index in [1.54, 1.807) is 4.90 Å². The first-order valence-electron chi connectivity index (χ1n) is 9.02. The number of hydrogen-bond donors (Lipinski definition) is 0. The lowest BCUT2D eigenvalue weighted by atomic mass is 9.78. The minimum atomic E-state index is -0.557. The van der Waals surface area contributed by atoms with Crippen LogP contribution in [-0.4, -0.2) is 43.2 Å². The fourth-order valence-corrected chi connectivity index (χ4v) is 2.87. The average molecular weight is 361 g/mol. The summed E-state index contributed by atoms with van der Waals surface area (Å²) in [5, 5.41) is 0. The number of ether oxygens (including phenoxy) is 2. The van der Waals surface area contributed by atoms with Crippen molar-refractivity contribution in [2.45, 2.75) is 65.3 Å². The highest BCUT2D eigenvalue weighted by atomic mass is 16.7. The summed E-state index contributed by atoms with van der Waals surface area (Å²) in [6.45, 7) is 14.5. The topological polar surface area (TPSA) is 57.2 Å². The Morgan fingerprint density at radius 1 is 1.15 bits per heavy atom. The van der Waals surface area contributed by atoms with Crippen molar-refractivity contribution in [1.82, 2.24) is 0 Å². The van der Waals surface area contributed by atoms with Gasteiger partial charge in [0.05, 0.1) is 23.4 Å². The van der Waals surface area contributed by atoms with Gasteiger partial charge in [0.1, 0.15) is 18.0 Å². The summed E-state index contributed by atoms with van der Waals surface area (Å²) in [6.07, 6.45) is -0.381. The van der Waals surface area contributed by atoms with Crippen LogP contribution in [0.2, 0.25) is 0 Å². The van der Waals surface area contributed by atoms with E-state index < -0.39 is 23.9 Å². The molecule has 142 valence electrons. The standard InChI is InChI=1S/C19H28BNO5/c1-17(2,3)24-16(22)21-10-11-23-15-9-8-13(12-14(15)21)20-25-18(4,5)19(6,7)26-20/h8-9,12H,10-11H2,1-7H3. The van der Waals surface area contributed by atoms with Crippen LogP contribution in [0.15, 0.2) is 18.2 Å². The monoisotopic (exact) mass is 361 g/mol. The van der Waals surface area contributed by atoms with E-state index in [2.05, 4.69) is 0 Å². The minimum absolute atomic E-state index is 0.381. The molecule has 0 aliphatic carbocycles. The maximum Gasteiger partial charge on any atom is 0.494 e. The third-order valence-corrected chi connectivity index (χ3v) is 4.99. The fourth-order valence-electron chi connectivity index (χ4n) is 2.87. The molecule has 1 saturated heterocycles. The predicted octanol–water partition coefficient (Wildman–Crippen LogP) is 3.12. The van der Waals surface area contributed by atoms with Crippen molar-refractivity contribution in [3.05, 3.63) is 18.2 Å². The van der Waals surface area contributed by atoms with Gasteiger partial charge in [-0.15, -0.1) is 0 Å². The third kappa shape index (κ3) is 3.55. The number of nitrogens with zero attached hydrogens (tertiary/aromatic N) is 1. The highest BCUT2D eigenvalue weighted by Gasteiger charge is 2.52. The maximum atomic E-state index is 12.6. The van der Waals surface area contributed by atoms with Gasteiger partial charge < -0.3 is 18.8 Å². The molecule has 0 saturated carbocycles. The van der Waals surface area contributed by atoms with E-state index in [4.69, 9.17) is 18.8 Å². The Balaban J connectivity index is 1.89. The average Bonchev–Trinajstić information content (AvgIpc) is 2.72. The molecular weight excluding hydrogens is 333 g/mol. The van der Waals surface area contributed by atoms with Crippen molar-refractivity contribution < 1.29 is 23.6 Å². The van der Waals surface area contributed by atoms with E-state index in [1.165, 1.54) is 0 Å². The normalized spacial score (nSPS) is 21.2. The molecule has 0 spiro atoms. The highest BCUT2D eigenvalue weighted by molar-refractivity contribution is 6.62. The second-order valence-corrected chi connectivity index (χ2v) is 8.80. The van der Waals surface area contributed by atoms with Crippen LogP contribution < -0.4 is 15.1 Å². The van der Waals surface area contributed by atoms with E-state index in [0.717, 1.165) is 5.46 Å². The molecule has 26 heavy (non-hydrogen) atoms.